The van der Waals surface area contributed by atoms with E-state index >= 15 is 0 Å². The van der Waals surface area contributed by atoms with Gasteiger partial charge in [-0.25, -0.2) is 9.97 Å². The molecule has 1 amide bonds. The molecule has 0 spiro atoms. The Kier molecular flexibility index (Phi) is 11.1. The number of benzene rings is 2. The zero-order valence-corrected chi connectivity index (χ0v) is 25.7. The van der Waals surface area contributed by atoms with Crippen LogP contribution in [0.2, 0.25) is 0 Å². The van der Waals surface area contributed by atoms with Crippen LogP contribution < -0.4 is 26.0 Å². The van der Waals surface area contributed by atoms with E-state index in [0.29, 0.717) is 40.9 Å². The molecular formula is C32H45N7O2. The molecule has 2 aromatic carbocycles. The van der Waals surface area contributed by atoms with Gasteiger partial charge in [-0.05, 0) is 56.6 Å². The summed E-state index contributed by atoms with van der Waals surface area (Å²) in [7, 11) is 7.72. The second-order valence-electron chi connectivity index (χ2n) is 10.7. The molecule has 1 heterocycles. The SMILES string of the molecule is CCCNC(=O)/C(=C(\c1ccnc(Nc2cc(N)c(N(C)CCN(C)C)cc2OC)n1)c1ccccc1C)C(C)C. The highest BCUT2D eigenvalue weighted by Crippen LogP contribution is 2.37. The van der Waals surface area contributed by atoms with Crippen LogP contribution in [0.5, 0.6) is 5.75 Å². The second-order valence-corrected chi connectivity index (χ2v) is 10.7. The van der Waals surface area contributed by atoms with Crippen molar-refractivity contribution in [1.82, 2.24) is 20.2 Å². The summed E-state index contributed by atoms with van der Waals surface area (Å²) in [5.41, 5.74) is 12.8. The first kappa shape index (κ1) is 31.4. The highest BCUT2D eigenvalue weighted by molar-refractivity contribution is 6.05. The topological polar surface area (TPSA) is 109 Å². The van der Waals surface area contributed by atoms with E-state index in [1.165, 1.54) is 0 Å². The summed E-state index contributed by atoms with van der Waals surface area (Å²) in [5.74, 6) is 0.870. The molecule has 0 radical (unpaired) electrons. The van der Waals surface area contributed by atoms with Gasteiger partial charge in [-0.3, -0.25) is 4.79 Å². The maximum Gasteiger partial charge on any atom is 0.248 e. The second kappa shape index (κ2) is 14.5. The predicted molar refractivity (Wildman–Crippen MR) is 170 cm³/mol. The highest BCUT2D eigenvalue weighted by atomic mass is 16.5. The number of hydrogen-bond acceptors (Lipinski definition) is 8. The number of methoxy groups -OCH3 is 1. The molecule has 3 rings (SSSR count). The van der Waals surface area contributed by atoms with Crippen molar-refractivity contribution in [2.24, 2.45) is 5.92 Å². The lowest BCUT2D eigenvalue weighted by Gasteiger charge is -2.24. The average molecular weight is 560 g/mol. The number of rotatable bonds is 13. The molecule has 4 N–H and O–H groups in total. The van der Waals surface area contributed by atoms with Gasteiger partial charge in [-0.15, -0.1) is 0 Å². The first-order valence-corrected chi connectivity index (χ1v) is 14.1. The Morgan fingerprint density at radius 3 is 2.46 bits per heavy atom. The number of aryl methyl sites for hydroxylation is 1. The van der Waals surface area contributed by atoms with E-state index in [2.05, 4.69) is 25.4 Å². The van der Waals surface area contributed by atoms with Gasteiger partial charge >= 0.3 is 0 Å². The third-order valence-electron chi connectivity index (χ3n) is 6.84. The van der Waals surface area contributed by atoms with E-state index in [4.69, 9.17) is 15.5 Å². The number of nitrogens with zero attached hydrogens (tertiary/aromatic N) is 4. The first-order valence-electron chi connectivity index (χ1n) is 14.1. The van der Waals surface area contributed by atoms with Crippen LogP contribution in [0.3, 0.4) is 0 Å². The van der Waals surface area contributed by atoms with Gasteiger partial charge in [0, 0.05) is 50.1 Å². The number of likely N-dealkylation sites (N-methyl/N-ethyl adjacent to an activating group) is 2. The number of anilines is 4. The van der Waals surface area contributed by atoms with Crippen LogP contribution in [-0.2, 0) is 4.79 Å². The summed E-state index contributed by atoms with van der Waals surface area (Å²) in [5, 5.41) is 6.36. The number of aromatic nitrogens is 2. The Bertz CT molecular complexity index is 1370. The summed E-state index contributed by atoms with van der Waals surface area (Å²) in [6.45, 7) is 10.5. The summed E-state index contributed by atoms with van der Waals surface area (Å²) in [4.78, 5) is 27.1. The van der Waals surface area contributed by atoms with Crippen molar-refractivity contribution in [2.45, 2.75) is 34.1 Å². The molecule has 0 aliphatic rings. The molecule has 0 saturated heterocycles. The number of nitrogens with one attached hydrogen (secondary N) is 2. The highest BCUT2D eigenvalue weighted by Gasteiger charge is 2.24. The van der Waals surface area contributed by atoms with E-state index in [1.54, 1.807) is 13.3 Å². The van der Waals surface area contributed by atoms with E-state index in [9.17, 15) is 4.79 Å². The standard InChI is InChI=1S/C32H45N7O2/c1-9-15-34-31(40)29(21(2)3)30(23-13-11-10-12-22(23)4)25-14-16-35-32(36-25)37-26-19-24(33)27(20-28(26)41-8)39(7)18-17-38(5)6/h10-14,16,19-21H,9,15,17-18,33H2,1-8H3,(H,34,40)(H,35,36,37)/b30-29-. The molecule has 41 heavy (non-hydrogen) atoms. The molecule has 0 saturated carbocycles. The predicted octanol–water partition coefficient (Wildman–Crippen LogP) is 5.10. The smallest absolute Gasteiger partial charge is 0.248 e. The summed E-state index contributed by atoms with van der Waals surface area (Å²) < 4.78 is 5.72. The van der Waals surface area contributed by atoms with Crippen molar-refractivity contribution in [2.75, 3.05) is 63.8 Å². The van der Waals surface area contributed by atoms with Crippen molar-refractivity contribution in [3.63, 3.8) is 0 Å². The number of nitrogens with two attached hydrogens (primary N) is 1. The monoisotopic (exact) mass is 559 g/mol. The molecule has 9 nitrogen and oxygen atoms in total. The van der Waals surface area contributed by atoms with Crippen LogP contribution in [0, 0.1) is 12.8 Å². The van der Waals surface area contributed by atoms with Gasteiger partial charge < -0.3 is 30.9 Å². The number of ether oxygens (including phenoxy) is 1. The zero-order valence-electron chi connectivity index (χ0n) is 25.7. The fourth-order valence-corrected chi connectivity index (χ4v) is 4.60. The quantitative estimate of drug-likeness (QED) is 0.196. The van der Waals surface area contributed by atoms with Gasteiger partial charge in [0.15, 0.2) is 0 Å². The summed E-state index contributed by atoms with van der Waals surface area (Å²) in [6, 6.07) is 13.7. The normalized spacial score (nSPS) is 11.9. The largest absolute Gasteiger partial charge is 0.494 e. The molecule has 0 bridgehead atoms. The molecule has 0 aliphatic heterocycles. The third-order valence-corrected chi connectivity index (χ3v) is 6.84. The number of amides is 1. The van der Waals surface area contributed by atoms with Crippen LogP contribution in [-0.4, -0.2) is 68.7 Å². The molecule has 0 atom stereocenters. The minimum Gasteiger partial charge on any atom is -0.494 e. The van der Waals surface area contributed by atoms with Crippen LogP contribution in [0.15, 0.2) is 54.2 Å². The molecule has 0 aliphatic carbocycles. The minimum absolute atomic E-state index is 0.0373. The number of carbonyl (C=O) groups is 1. The van der Waals surface area contributed by atoms with Gasteiger partial charge in [-0.1, -0.05) is 45.0 Å². The molecule has 220 valence electrons. The van der Waals surface area contributed by atoms with E-state index < -0.39 is 0 Å². The Morgan fingerprint density at radius 2 is 1.83 bits per heavy atom. The molecule has 0 fully saturated rings. The average Bonchev–Trinajstić information content (AvgIpc) is 2.94. The van der Waals surface area contributed by atoms with E-state index in [1.807, 2.05) is 91.3 Å². The maximum absolute atomic E-state index is 13.4. The molecule has 1 aromatic heterocycles. The first-order chi connectivity index (χ1) is 19.6. The molecule has 0 unspecified atom stereocenters. The van der Waals surface area contributed by atoms with Gasteiger partial charge in [0.1, 0.15) is 5.75 Å². The summed E-state index contributed by atoms with van der Waals surface area (Å²) in [6.07, 6.45) is 2.55. The lowest BCUT2D eigenvalue weighted by atomic mass is 9.87. The van der Waals surface area contributed by atoms with Crippen LogP contribution in [0.1, 0.15) is 44.0 Å². The Morgan fingerprint density at radius 1 is 1.10 bits per heavy atom. The van der Waals surface area contributed by atoms with Crippen molar-refractivity contribution in [3.8, 4) is 5.75 Å². The van der Waals surface area contributed by atoms with Crippen molar-refractivity contribution < 1.29 is 9.53 Å². The lowest BCUT2D eigenvalue weighted by molar-refractivity contribution is -0.117. The van der Waals surface area contributed by atoms with Crippen molar-refractivity contribution in [1.29, 1.82) is 0 Å². The number of carbonyl (C=O) groups excluding carboxylic acids is 1. The zero-order chi connectivity index (χ0) is 30.1. The molecule has 9 heteroatoms. The van der Waals surface area contributed by atoms with Gasteiger partial charge in [0.25, 0.3) is 0 Å². The minimum atomic E-state index is -0.0864. The van der Waals surface area contributed by atoms with Crippen LogP contribution >= 0.6 is 0 Å². The fraction of sp³-hybridized carbons (Fsp3) is 0.406. The fourth-order valence-electron chi connectivity index (χ4n) is 4.60. The van der Waals surface area contributed by atoms with Gasteiger partial charge in [-0.2, -0.15) is 0 Å². The Balaban J connectivity index is 2.08. The van der Waals surface area contributed by atoms with Gasteiger partial charge in [0.05, 0.1) is 29.9 Å². The Hall–Kier alpha value is -4.11. The van der Waals surface area contributed by atoms with Crippen molar-refractivity contribution >= 4 is 34.5 Å². The third kappa shape index (κ3) is 7.98. The Labute approximate surface area is 244 Å². The van der Waals surface area contributed by atoms with Crippen LogP contribution in [0.25, 0.3) is 5.57 Å². The van der Waals surface area contributed by atoms with E-state index in [-0.39, 0.29) is 11.8 Å². The van der Waals surface area contributed by atoms with Crippen LogP contribution in [0.4, 0.5) is 23.0 Å². The lowest BCUT2D eigenvalue weighted by Crippen LogP contribution is -2.29. The van der Waals surface area contributed by atoms with Gasteiger partial charge in [0.2, 0.25) is 11.9 Å². The summed E-state index contributed by atoms with van der Waals surface area (Å²) >= 11 is 0. The number of nitrogen functional groups attached to an aromatic ring is 1. The molecule has 3 aromatic rings. The molecular weight excluding hydrogens is 514 g/mol. The van der Waals surface area contributed by atoms with E-state index in [0.717, 1.165) is 41.9 Å². The maximum atomic E-state index is 13.4. The van der Waals surface area contributed by atoms with Crippen molar-refractivity contribution in [3.05, 3.63) is 71.1 Å². The number of hydrogen-bond donors (Lipinski definition) is 3.